The highest BCUT2D eigenvalue weighted by atomic mass is 32.1. The molecule has 0 bridgehead atoms. The van der Waals surface area contributed by atoms with Gasteiger partial charge in [-0.25, -0.2) is 4.98 Å². The molecule has 1 aromatic carbocycles. The number of rotatable bonds is 6. The number of hydrogen-bond acceptors (Lipinski definition) is 4. The van der Waals surface area contributed by atoms with Crippen molar-refractivity contribution in [3.8, 4) is 0 Å². The van der Waals surface area contributed by atoms with Crippen LogP contribution in [0.1, 0.15) is 28.4 Å². The largest absolute Gasteiger partial charge is 0.370 e. The lowest BCUT2D eigenvalue weighted by molar-refractivity contribution is 0.539. The Kier molecular flexibility index (Phi) is 5.11. The monoisotopic (exact) mass is 315 g/mol. The number of aryl methyl sites for hydroxylation is 3. The Hall–Kier alpha value is -1.39. The number of aromatic nitrogens is 1. The highest BCUT2D eigenvalue weighted by Gasteiger charge is 2.21. The number of thiazole rings is 1. The fraction of sp³-hybridized carbons (Fsp3) is 0.500. The molecule has 0 radical (unpaired) electrons. The molecule has 3 rings (SSSR count). The van der Waals surface area contributed by atoms with E-state index in [0.717, 1.165) is 26.1 Å². The van der Waals surface area contributed by atoms with Crippen molar-refractivity contribution in [3.05, 3.63) is 45.9 Å². The number of anilines is 1. The van der Waals surface area contributed by atoms with Crippen molar-refractivity contribution < 1.29 is 0 Å². The maximum atomic E-state index is 4.61. The van der Waals surface area contributed by atoms with Gasteiger partial charge in [0.15, 0.2) is 0 Å². The van der Waals surface area contributed by atoms with Crippen molar-refractivity contribution in [2.24, 2.45) is 0 Å². The lowest BCUT2D eigenvalue weighted by atomic mass is 10.2. The molecule has 0 spiro atoms. The fourth-order valence-corrected chi connectivity index (χ4v) is 3.97. The third kappa shape index (κ3) is 3.87. The van der Waals surface area contributed by atoms with Crippen LogP contribution in [0, 0.1) is 13.8 Å². The van der Waals surface area contributed by atoms with E-state index < -0.39 is 0 Å². The maximum absolute atomic E-state index is 4.61. The number of hydrogen-bond donors (Lipinski definition) is 1. The predicted molar refractivity (Wildman–Crippen MR) is 95.0 cm³/mol. The summed E-state index contributed by atoms with van der Waals surface area (Å²) in [5, 5.41) is 4.99. The minimum Gasteiger partial charge on any atom is -0.370 e. The molecule has 1 fully saturated rings. The van der Waals surface area contributed by atoms with Gasteiger partial charge in [-0.3, -0.25) is 0 Å². The Morgan fingerprint density at radius 1 is 1.27 bits per heavy atom. The summed E-state index contributed by atoms with van der Waals surface area (Å²) in [7, 11) is 0. The van der Waals surface area contributed by atoms with Gasteiger partial charge in [0, 0.05) is 36.1 Å². The molecule has 4 heteroatoms. The Labute approximate surface area is 137 Å². The lowest BCUT2D eigenvalue weighted by Crippen LogP contribution is -2.33. The van der Waals surface area contributed by atoms with Crippen LogP contribution in [0.15, 0.2) is 30.3 Å². The van der Waals surface area contributed by atoms with Gasteiger partial charge in [-0.2, -0.15) is 0 Å². The van der Waals surface area contributed by atoms with Crippen LogP contribution in [0.2, 0.25) is 0 Å². The zero-order valence-corrected chi connectivity index (χ0v) is 14.3. The van der Waals surface area contributed by atoms with Gasteiger partial charge in [0.1, 0.15) is 0 Å². The number of nitrogens with zero attached hydrogens (tertiary/aromatic N) is 2. The summed E-state index contributed by atoms with van der Waals surface area (Å²) in [6.45, 7) is 7.63. The van der Waals surface area contributed by atoms with Gasteiger partial charge in [0.25, 0.3) is 0 Å². The van der Waals surface area contributed by atoms with E-state index in [1.165, 1.54) is 34.1 Å². The van der Waals surface area contributed by atoms with Crippen molar-refractivity contribution in [2.45, 2.75) is 39.2 Å². The predicted octanol–water partition coefficient (Wildman–Crippen LogP) is 3.56. The van der Waals surface area contributed by atoms with Gasteiger partial charge in [-0.15, -0.1) is 11.3 Å². The molecule has 2 heterocycles. The van der Waals surface area contributed by atoms with E-state index >= 15 is 0 Å². The van der Waals surface area contributed by atoms with Crippen molar-refractivity contribution in [2.75, 3.05) is 24.5 Å². The third-order valence-corrected chi connectivity index (χ3v) is 5.52. The first-order chi connectivity index (χ1) is 10.7. The summed E-state index contributed by atoms with van der Waals surface area (Å²) in [5.74, 6) is 0. The molecule has 1 aliphatic heterocycles. The zero-order valence-electron chi connectivity index (χ0n) is 13.5. The van der Waals surface area contributed by atoms with E-state index in [4.69, 9.17) is 0 Å². The molecule has 1 aliphatic rings. The molecule has 1 unspecified atom stereocenters. The first-order valence-corrected chi connectivity index (χ1v) is 9.00. The summed E-state index contributed by atoms with van der Waals surface area (Å²) < 4.78 is 0. The Balaban J connectivity index is 1.38. The molecule has 118 valence electrons. The second-order valence-corrected chi connectivity index (χ2v) is 7.36. The number of para-hydroxylation sites is 1. The summed E-state index contributed by atoms with van der Waals surface area (Å²) in [6.07, 6.45) is 3.51. The van der Waals surface area contributed by atoms with Crippen molar-refractivity contribution in [1.82, 2.24) is 10.3 Å². The van der Waals surface area contributed by atoms with E-state index in [9.17, 15) is 0 Å². The van der Waals surface area contributed by atoms with Gasteiger partial charge in [0.05, 0.1) is 10.7 Å². The molecule has 1 N–H and O–H groups in total. The van der Waals surface area contributed by atoms with Crippen LogP contribution in [0.5, 0.6) is 0 Å². The molecule has 0 aliphatic carbocycles. The van der Waals surface area contributed by atoms with Crippen molar-refractivity contribution >= 4 is 17.0 Å². The van der Waals surface area contributed by atoms with Gasteiger partial charge in [-0.05, 0) is 45.4 Å². The van der Waals surface area contributed by atoms with E-state index in [1.807, 2.05) is 11.3 Å². The van der Waals surface area contributed by atoms with Crippen LogP contribution >= 0.6 is 11.3 Å². The standard InChI is InChI=1S/C18H25N3S/c1-14-15(2)22-18(20-14)9-6-11-19-16-10-12-21(13-16)17-7-4-3-5-8-17/h3-5,7-8,16,19H,6,9-13H2,1-2H3. The fourth-order valence-electron chi connectivity index (χ4n) is 2.99. The molecule has 0 amide bonds. The van der Waals surface area contributed by atoms with Crippen LogP contribution in [0.25, 0.3) is 0 Å². The van der Waals surface area contributed by atoms with E-state index in [-0.39, 0.29) is 0 Å². The van der Waals surface area contributed by atoms with Crippen LogP contribution < -0.4 is 10.2 Å². The number of nitrogens with one attached hydrogen (secondary N) is 1. The number of benzene rings is 1. The molecule has 0 saturated carbocycles. The first kappa shape index (κ1) is 15.5. The van der Waals surface area contributed by atoms with Gasteiger partial charge < -0.3 is 10.2 Å². The van der Waals surface area contributed by atoms with Crippen molar-refractivity contribution in [3.63, 3.8) is 0 Å². The Bertz CT molecular complexity index is 574. The Morgan fingerprint density at radius 2 is 2.09 bits per heavy atom. The van der Waals surface area contributed by atoms with Gasteiger partial charge in [0.2, 0.25) is 0 Å². The topological polar surface area (TPSA) is 28.2 Å². The summed E-state index contributed by atoms with van der Waals surface area (Å²) >= 11 is 1.85. The molecular formula is C18H25N3S. The van der Waals surface area contributed by atoms with Crippen LogP contribution in [0.4, 0.5) is 5.69 Å². The van der Waals surface area contributed by atoms with Gasteiger partial charge >= 0.3 is 0 Å². The molecule has 22 heavy (non-hydrogen) atoms. The molecular weight excluding hydrogens is 290 g/mol. The van der Waals surface area contributed by atoms with Crippen LogP contribution in [0.3, 0.4) is 0 Å². The van der Waals surface area contributed by atoms with Gasteiger partial charge in [-0.1, -0.05) is 18.2 Å². The lowest BCUT2D eigenvalue weighted by Gasteiger charge is -2.19. The van der Waals surface area contributed by atoms with Crippen molar-refractivity contribution in [1.29, 1.82) is 0 Å². The minimum atomic E-state index is 0.625. The summed E-state index contributed by atoms with van der Waals surface area (Å²) in [5.41, 5.74) is 2.54. The zero-order chi connectivity index (χ0) is 15.4. The minimum absolute atomic E-state index is 0.625. The normalized spacial score (nSPS) is 18.1. The maximum Gasteiger partial charge on any atom is 0.0931 e. The second-order valence-electron chi connectivity index (χ2n) is 6.07. The second kappa shape index (κ2) is 7.25. The first-order valence-electron chi connectivity index (χ1n) is 8.18. The quantitative estimate of drug-likeness (QED) is 0.826. The summed E-state index contributed by atoms with van der Waals surface area (Å²) in [4.78, 5) is 8.45. The molecule has 2 aromatic rings. The smallest absolute Gasteiger partial charge is 0.0931 e. The van der Waals surface area contributed by atoms with Crippen LogP contribution in [-0.4, -0.2) is 30.7 Å². The SMILES string of the molecule is Cc1nc(CCCNC2CCN(c3ccccc3)C2)sc1C. The molecule has 1 aromatic heterocycles. The molecule has 1 atom stereocenters. The Morgan fingerprint density at radius 3 is 2.82 bits per heavy atom. The van der Waals surface area contributed by atoms with E-state index in [0.29, 0.717) is 6.04 Å². The average Bonchev–Trinajstić information content (AvgIpc) is 3.12. The van der Waals surface area contributed by atoms with E-state index in [1.54, 1.807) is 0 Å². The summed E-state index contributed by atoms with van der Waals surface area (Å²) in [6, 6.07) is 11.4. The third-order valence-electron chi connectivity index (χ3n) is 4.38. The van der Waals surface area contributed by atoms with E-state index in [2.05, 4.69) is 59.4 Å². The average molecular weight is 315 g/mol. The van der Waals surface area contributed by atoms with Crippen LogP contribution in [-0.2, 0) is 6.42 Å². The molecule has 3 nitrogen and oxygen atoms in total. The molecule has 1 saturated heterocycles. The highest BCUT2D eigenvalue weighted by molar-refractivity contribution is 7.11. The highest BCUT2D eigenvalue weighted by Crippen LogP contribution is 2.20.